The zero-order valence-electron chi connectivity index (χ0n) is 4.77. The van der Waals surface area contributed by atoms with E-state index in [4.69, 9.17) is 0 Å². The number of amides is 1. The molecule has 0 aromatic heterocycles. The molecule has 0 atom stereocenters. The molecule has 0 radical (unpaired) electrons. The Morgan fingerprint density at radius 3 is 2.00 bits per heavy atom. The predicted molar refractivity (Wildman–Crippen MR) is 32.9 cm³/mol. The molecular formula is C5H13NO. The van der Waals surface area contributed by atoms with E-state index in [9.17, 15) is 4.79 Å². The lowest BCUT2D eigenvalue weighted by molar-refractivity contribution is -0.113. The summed E-state index contributed by atoms with van der Waals surface area (Å²) in [6.07, 6.45) is 1.06. The van der Waals surface area contributed by atoms with Crippen molar-refractivity contribution in [1.29, 1.82) is 0 Å². The molecule has 0 aromatic carbocycles. The second-order valence-corrected chi connectivity index (χ2v) is 0.606. The van der Waals surface area contributed by atoms with Crippen LogP contribution in [0.3, 0.4) is 0 Å². The van der Waals surface area contributed by atoms with Crippen molar-refractivity contribution in [1.82, 2.24) is 0 Å². The average molecular weight is 103 g/mol. The molecule has 1 amide bonds. The van der Waals surface area contributed by atoms with E-state index < -0.39 is 5.91 Å². The molecule has 0 aromatic rings. The first-order chi connectivity index (χ1) is 3.27. The minimum absolute atomic E-state index is 0. The summed E-state index contributed by atoms with van der Waals surface area (Å²) in [6.45, 7) is 7.09. The molecule has 0 rings (SSSR count). The molecule has 0 saturated carbocycles. The Balaban J connectivity index is -0.0000000750. The first-order valence-corrected chi connectivity index (χ1v) is 2.19. The zero-order chi connectivity index (χ0) is 6.28. The number of rotatable bonds is 1. The monoisotopic (exact) mass is 103 g/mol. The lowest BCUT2D eigenvalue weighted by Gasteiger charge is -1.65. The summed E-state index contributed by atoms with van der Waals surface area (Å²) in [4.78, 5) is 9.47. The Kier molecular flexibility index (Phi) is 12.2. The molecule has 0 aliphatic carbocycles. The third kappa shape index (κ3) is 36.7. The van der Waals surface area contributed by atoms with Crippen LogP contribution in [0.4, 0.5) is 0 Å². The van der Waals surface area contributed by atoms with E-state index in [-0.39, 0.29) is 1.43 Å². The van der Waals surface area contributed by atoms with Gasteiger partial charge in [0.25, 0.3) is 0 Å². The van der Waals surface area contributed by atoms with Crippen LogP contribution in [0.25, 0.3) is 0 Å². The van der Waals surface area contributed by atoms with Crippen molar-refractivity contribution in [3.05, 3.63) is 12.7 Å². The van der Waals surface area contributed by atoms with Crippen molar-refractivity contribution >= 4 is 5.91 Å². The Hall–Kier alpha value is -0.790. The van der Waals surface area contributed by atoms with Crippen molar-refractivity contribution in [3.8, 4) is 0 Å². The number of carbonyl (C=O) groups is 1. The quantitative estimate of drug-likeness (QED) is 0.493. The van der Waals surface area contributed by atoms with Gasteiger partial charge >= 0.3 is 0 Å². The van der Waals surface area contributed by atoms with Gasteiger partial charge in [0.2, 0.25) is 5.91 Å². The van der Waals surface area contributed by atoms with Crippen molar-refractivity contribution in [2.45, 2.75) is 13.8 Å². The van der Waals surface area contributed by atoms with E-state index >= 15 is 0 Å². The smallest absolute Gasteiger partial charge is 0.240 e. The molecule has 2 nitrogen and oxygen atoms in total. The van der Waals surface area contributed by atoms with Gasteiger partial charge in [0.15, 0.2) is 0 Å². The van der Waals surface area contributed by atoms with Gasteiger partial charge in [-0.15, -0.1) is 0 Å². The molecule has 0 bridgehead atoms. The number of carbonyl (C=O) groups excluding carboxylic acids is 1. The van der Waals surface area contributed by atoms with Gasteiger partial charge < -0.3 is 5.73 Å². The van der Waals surface area contributed by atoms with Crippen LogP contribution in [0.5, 0.6) is 0 Å². The largest absolute Gasteiger partial charge is 0.366 e. The molecule has 0 saturated heterocycles. The second-order valence-electron chi connectivity index (χ2n) is 0.606. The summed E-state index contributed by atoms with van der Waals surface area (Å²) in [5.74, 6) is -0.481. The minimum atomic E-state index is -0.481. The highest BCUT2D eigenvalue weighted by molar-refractivity contribution is 5.84. The Morgan fingerprint density at radius 1 is 1.86 bits per heavy atom. The van der Waals surface area contributed by atoms with E-state index in [1.54, 1.807) is 0 Å². The summed E-state index contributed by atoms with van der Waals surface area (Å²) < 4.78 is 0. The van der Waals surface area contributed by atoms with Gasteiger partial charge in [-0.2, -0.15) is 0 Å². The fourth-order valence-corrected chi connectivity index (χ4v) is 0. The Labute approximate surface area is 45.5 Å². The standard InChI is InChI=1S/C3H5NO.C2H6.H2/c1-2-3(4)5;1-2;/h2H,1H2,(H2,4,5);1-2H3;1H. The molecule has 44 valence electrons. The van der Waals surface area contributed by atoms with Crippen LogP contribution >= 0.6 is 0 Å². The molecule has 0 spiro atoms. The van der Waals surface area contributed by atoms with Crippen molar-refractivity contribution in [3.63, 3.8) is 0 Å². The van der Waals surface area contributed by atoms with E-state index in [2.05, 4.69) is 12.3 Å². The van der Waals surface area contributed by atoms with Crippen LogP contribution in [0.15, 0.2) is 12.7 Å². The molecular weight excluding hydrogens is 90.1 g/mol. The van der Waals surface area contributed by atoms with E-state index in [1.165, 1.54) is 0 Å². The molecule has 2 N–H and O–H groups in total. The second kappa shape index (κ2) is 8.96. The van der Waals surface area contributed by atoms with Crippen LogP contribution in [0.2, 0.25) is 0 Å². The summed E-state index contributed by atoms with van der Waals surface area (Å²) in [6, 6.07) is 0. The maximum atomic E-state index is 9.47. The highest BCUT2D eigenvalue weighted by Crippen LogP contribution is 1.48. The fourth-order valence-electron chi connectivity index (χ4n) is 0. The van der Waals surface area contributed by atoms with Crippen LogP contribution in [0, 0.1) is 0 Å². The molecule has 2 heteroatoms. The first kappa shape index (κ1) is 9.51. The highest BCUT2D eigenvalue weighted by atomic mass is 16.1. The molecule has 0 aliphatic rings. The number of primary amides is 1. The van der Waals surface area contributed by atoms with Crippen molar-refractivity contribution in [2.24, 2.45) is 5.73 Å². The summed E-state index contributed by atoms with van der Waals surface area (Å²) in [7, 11) is 0. The van der Waals surface area contributed by atoms with Crippen LogP contribution < -0.4 is 5.73 Å². The molecule has 0 aliphatic heterocycles. The SMILES string of the molecule is C=CC(N)=O.CC.[HH]. The van der Waals surface area contributed by atoms with Gasteiger partial charge in [-0.25, -0.2) is 0 Å². The molecule has 0 unspecified atom stereocenters. The van der Waals surface area contributed by atoms with Gasteiger partial charge in [0.1, 0.15) is 0 Å². The van der Waals surface area contributed by atoms with E-state index in [0.29, 0.717) is 0 Å². The highest BCUT2D eigenvalue weighted by Gasteiger charge is 1.69. The Bertz CT molecular complexity index is 63.4. The maximum absolute atomic E-state index is 9.47. The molecule has 0 fully saturated rings. The third-order valence-corrected chi connectivity index (χ3v) is 0.201. The van der Waals surface area contributed by atoms with E-state index in [1.807, 2.05) is 13.8 Å². The van der Waals surface area contributed by atoms with Crippen molar-refractivity contribution < 1.29 is 6.22 Å². The first-order valence-electron chi connectivity index (χ1n) is 2.19. The average Bonchev–Trinajstić information content (AvgIpc) is 1.73. The van der Waals surface area contributed by atoms with Crippen LogP contribution in [0.1, 0.15) is 15.3 Å². The van der Waals surface area contributed by atoms with Gasteiger partial charge in [-0.3, -0.25) is 4.79 Å². The minimum Gasteiger partial charge on any atom is -0.366 e. The lowest BCUT2D eigenvalue weighted by atomic mass is 10.6. The van der Waals surface area contributed by atoms with E-state index in [0.717, 1.165) is 6.08 Å². The number of hydrogen-bond acceptors (Lipinski definition) is 1. The predicted octanol–water partition coefficient (Wildman–Crippen LogP) is 0.930. The Morgan fingerprint density at radius 2 is 2.00 bits per heavy atom. The topological polar surface area (TPSA) is 43.1 Å². The fraction of sp³-hybridized carbons (Fsp3) is 0.400. The summed E-state index contributed by atoms with van der Waals surface area (Å²) >= 11 is 0. The van der Waals surface area contributed by atoms with Gasteiger partial charge in [-0.1, -0.05) is 20.4 Å². The van der Waals surface area contributed by atoms with Gasteiger partial charge in [0.05, 0.1) is 0 Å². The zero-order valence-corrected chi connectivity index (χ0v) is 4.77. The molecule has 7 heavy (non-hydrogen) atoms. The van der Waals surface area contributed by atoms with Crippen LogP contribution in [-0.2, 0) is 4.79 Å². The lowest BCUT2D eigenvalue weighted by Crippen LogP contribution is -2.04. The number of nitrogens with two attached hydrogens (primary N) is 1. The van der Waals surface area contributed by atoms with Gasteiger partial charge in [-0.05, 0) is 6.08 Å². The summed E-state index contributed by atoms with van der Waals surface area (Å²) in [5, 5.41) is 0. The van der Waals surface area contributed by atoms with Crippen molar-refractivity contribution in [2.75, 3.05) is 0 Å². The maximum Gasteiger partial charge on any atom is 0.240 e. The van der Waals surface area contributed by atoms with Crippen LogP contribution in [-0.4, -0.2) is 5.91 Å². The third-order valence-electron chi connectivity index (χ3n) is 0.201. The normalized spacial score (nSPS) is 5.43. The number of hydrogen-bond donors (Lipinski definition) is 1. The molecule has 0 heterocycles. The summed E-state index contributed by atoms with van der Waals surface area (Å²) in [5.41, 5.74) is 4.53. The van der Waals surface area contributed by atoms with Gasteiger partial charge in [0, 0.05) is 1.43 Å².